The van der Waals surface area contributed by atoms with Crippen molar-refractivity contribution in [2.24, 2.45) is 0 Å². The molecular weight excluding hydrogens is 580 g/mol. The molecule has 2 amide bonds. The van der Waals surface area contributed by atoms with Gasteiger partial charge in [0.05, 0.1) is 12.5 Å². The van der Waals surface area contributed by atoms with Crippen LogP contribution in [0.3, 0.4) is 0 Å². The van der Waals surface area contributed by atoms with E-state index in [4.69, 9.17) is 11.6 Å². The Labute approximate surface area is 269 Å². The Hall–Kier alpha value is -4.45. The van der Waals surface area contributed by atoms with Gasteiger partial charge < -0.3 is 14.9 Å². The Morgan fingerprint density at radius 3 is 2.18 bits per heavy atom. The van der Waals surface area contributed by atoms with Gasteiger partial charge in [0.2, 0.25) is 5.91 Å². The molecule has 0 bridgehead atoms. The highest BCUT2D eigenvalue weighted by molar-refractivity contribution is 6.30. The highest BCUT2D eigenvalue weighted by atomic mass is 35.5. The molecule has 1 aliphatic heterocycles. The molecule has 0 saturated carbocycles. The summed E-state index contributed by atoms with van der Waals surface area (Å²) in [6.45, 7) is 0.847. The van der Waals surface area contributed by atoms with Gasteiger partial charge in [-0.15, -0.1) is 0 Å². The number of hydrogen-bond acceptors (Lipinski definition) is 3. The number of carbonyl (C=O) groups is 2. The van der Waals surface area contributed by atoms with Gasteiger partial charge >= 0.3 is 0 Å². The standard InChI is InChI=1S/C39H37ClN2O3/c40-33-20-18-31(19-21-33)36-14-6-7-15-37(36)39(45)42-27-35(24-28-9-2-1-3-10-28)41(26-34(42)13-8-22-43)38(44)25-29-16-17-30-11-4-5-12-32(30)23-29/h1-7,9-12,14-21,23,34-35,43H,8,13,22,24-27H2/t34-,35+/m0/s1. The maximum absolute atomic E-state index is 14.5. The van der Waals surface area contributed by atoms with Gasteiger partial charge in [-0.1, -0.05) is 115 Å². The zero-order chi connectivity index (χ0) is 31.2. The Bertz CT molecular complexity index is 1770. The summed E-state index contributed by atoms with van der Waals surface area (Å²) in [7, 11) is 0. The van der Waals surface area contributed by atoms with E-state index >= 15 is 0 Å². The number of amides is 2. The summed E-state index contributed by atoms with van der Waals surface area (Å²) >= 11 is 6.16. The van der Waals surface area contributed by atoms with E-state index in [0.717, 1.165) is 33.0 Å². The predicted molar refractivity (Wildman–Crippen MR) is 181 cm³/mol. The van der Waals surface area contributed by atoms with Gasteiger partial charge in [0.15, 0.2) is 0 Å². The van der Waals surface area contributed by atoms with Crippen molar-refractivity contribution in [3.63, 3.8) is 0 Å². The second-order valence-corrected chi connectivity index (χ2v) is 12.2. The molecule has 1 aliphatic rings. The Kier molecular flexibility index (Phi) is 9.58. The molecule has 1 saturated heterocycles. The zero-order valence-corrected chi connectivity index (χ0v) is 25.9. The molecule has 5 aromatic carbocycles. The fourth-order valence-electron chi connectivity index (χ4n) is 6.47. The van der Waals surface area contributed by atoms with Crippen molar-refractivity contribution in [3.05, 3.63) is 143 Å². The summed E-state index contributed by atoms with van der Waals surface area (Å²) in [5.41, 5.74) is 4.46. The van der Waals surface area contributed by atoms with Crippen molar-refractivity contribution in [2.75, 3.05) is 19.7 Å². The normalized spacial score (nSPS) is 16.6. The molecule has 5 aromatic rings. The molecule has 1 fully saturated rings. The van der Waals surface area contributed by atoms with Gasteiger partial charge in [-0.25, -0.2) is 0 Å². The number of fused-ring (bicyclic) bond motifs is 1. The van der Waals surface area contributed by atoms with Gasteiger partial charge in [-0.05, 0) is 70.5 Å². The van der Waals surface area contributed by atoms with Crippen LogP contribution in [-0.2, 0) is 17.6 Å². The number of aliphatic hydroxyl groups is 1. The van der Waals surface area contributed by atoms with Crippen molar-refractivity contribution in [1.29, 1.82) is 0 Å². The van der Waals surface area contributed by atoms with E-state index in [1.54, 1.807) is 0 Å². The Morgan fingerprint density at radius 1 is 0.711 bits per heavy atom. The first kappa shape index (κ1) is 30.6. The second-order valence-electron chi connectivity index (χ2n) is 11.8. The average Bonchev–Trinajstić information content (AvgIpc) is 3.08. The monoisotopic (exact) mass is 616 g/mol. The number of piperazine rings is 1. The molecule has 45 heavy (non-hydrogen) atoms. The molecule has 0 spiro atoms. The fraction of sp³-hybridized carbons (Fsp3) is 0.231. The summed E-state index contributed by atoms with van der Waals surface area (Å²) in [5.74, 6) is -0.0166. The molecule has 0 aliphatic carbocycles. The van der Waals surface area contributed by atoms with Gasteiger partial charge in [0, 0.05) is 36.3 Å². The molecule has 6 heteroatoms. The van der Waals surface area contributed by atoms with Crippen LogP contribution in [0.25, 0.3) is 21.9 Å². The first-order chi connectivity index (χ1) is 22.0. The van der Waals surface area contributed by atoms with Gasteiger partial charge in [-0.2, -0.15) is 0 Å². The number of benzene rings is 5. The highest BCUT2D eigenvalue weighted by Gasteiger charge is 2.39. The van der Waals surface area contributed by atoms with Crippen LogP contribution in [-0.4, -0.2) is 58.5 Å². The maximum atomic E-state index is 14.5. The maximum Gasteiger partial charge on any atom is 0.254 e. The molecule has 0 aromatic heterocycles. The third-order valence-corrected chi connectivity index (χ3v) is 9.02. The lowest BCUT2D eigenvalue weighted by atomic mass is 9.93. The number of rotatable bonds is 9. The summed E-state index contributed by atoms with van der Waals surface area (Å²) in [6, 6.07) is 39.3. The average molecular weight is 617 g/mol. The van der Waals surface area contributed by atoms with Crippen LogP contribution in [0.15, 0.2) is 121 Å². The Balaban J connectivity index is 1.32. The van der Waals surface area contributed by atoms with Gasteiger partial charge in [0.1, 0.15) is 0 Å². The van der Waals surface area contributed by atoms with E-state index in [9.17, 15) is 14.7 Å². The lowest BCUT2D eigenvalue weighted by Crippen LogP contribution is -2.62. The molecule has 6 rings (SSSR count). The minimum absolute atomic E-state index is 0.0262. The van der Waals surface area contributed by atoms with E-state index in [1.165, 1.54) is 0 Å². The van der Waals surface area contributed by atoms with Crippen LogP contribution in [0.1, 0.15) is 34.3 Å². The van der Waals surface area contributed by atoms with Crippen molar-refractivity contribution in [3.8, 4) is 11.1 Å². The van der Waals surface area contributed by atoms with Crippen LogP contribution >= 0.6 is 11.6 Å². The van der Waals surface area contributed by atoms with Crippen LogP contribution in [0.4, 0.5) is 0 Å². The predicted octanol–water partition coefficient (Wildman–Crippen LogP) is 7.44. The Morgan fingerprint density at radius 2 is 1.40 bits per heavy atom. The third-order valence-electron chi connectivity index (χ3n) is 8.77. The number of halogens is 1. The van der Waals surface area contributed by atoms with Crippen molar-refractivity contribution >= 4 is 34.2 Å². The van der Waals surface area contributed by atoms with Crippen LogP contribution < -0.4 is 0 Å². The largest absolute Gasteiger partial charge is 0.396 e. The smallest absolute Gasteiger partial charge is 0.254 e. The first-order valence-electron chi connectivity index (χ1n) is 15.6. The zero-order valence-electron chi connectivity index (χ0n) is 25.2. The first-order valence-corrected chi connectivity index (χ1v) is 16.0. The number of carbonyl (C=O) groups excluding carboxylic acids is 2. The highest BCUT2D eigenvalue weighted by Crippen LogP contribution is 2.30. The molecule has 1 N–H and O–H groups in total. The minimum atomic E-state index is -0.226. The molecule has 0 radical (unpaired) electrons. The van der Waals surface area contributed by atoms with Crippen molar-refractivity contribution in [1.82, 2.24) is 9.80 Å². The number of nitrogens with zero attached hydrogens (tertiary/aromatic N) is 2. The number of aliphatic hydroxyl groups excluding tert-OH is 1. The van der Waals surface area contributed by atoms with Crippen LogP contribution in [0.2, 0.25) is 5.02 Å². The van der Waals surface area contributed by atoms with Crippen molar-refractivity contribution in [2.45, 2.75) is 37.8 Å². The third kappa shape index (κ3) is 7.11. The molecule has 1 heterocycles. The topological polar surface area (TPSA) is 60.9 Å². The van der Waals surface area contributed by atoms with E-state index in [1.807, 2.05) is 94.7 Å². The SMILES string of the molecule is O=C(Cc1ccc2ccccc2c1)N1C[C@H](CCCO)N(C(=O)c2ccccc2-c2ccc(Cl)cc2)C[C@H]1Cc1ccccc1. The minimum Gasteiger partial charge on any atom is -0.396 e. The number of hydrogen-bond donors (Lipinski definition) is 1. The molecule has 5 nitrogen and oxygen atoms in total. The summed E-state index contributed by atoms with van der Waals surface area (Å²) in [5, 5.41) is 12.7. The molecule has 2 atom stereocenters. The molecule has 228 valence electrons. The second kappa shape index (κ2) is 14.1. The quantitative estimate of drug-likeness (QED) is 0.187. The fourth-order valence-corrected chi connectivity index (χ4v) is 6.59. The van der Waals surface area contributed by atoms with E-state index in [0.29, 0.717) is 42.9 Å². The lowest BCUT2D eigenvalue weighted by molar-refractivity contribution is -0.136. The van der Waals surface area contributed by atoms with E-state index < -0.39 is 0 Å². The van der Waals surface area contributed by atoms with E-state index in [-0.39, 0.29) is 36.9 Å². The molecular formula is C39H37ClN2O3. The van der Waals surface area contributed by atoms with Gasteiger partial charge in [-0.3, -0.25) is 9.59 Å². The summed E-state index contributed by atoms with van der Waals surface area (Å²) < 4.78 is 0. The van der Waals surface area contributed by atoms with Gasteiger partial charge in [0.25, 0.3) is 5.91 Å². The van der Waals surface area contributed by atoms with Crippen molar-refractivity contribution < 1.29 is 14.7 Å². The lowest BCUT2D eigenvalue weighted by Gasteiger charge is -2.47. The van der Waals surface area contributed by atoms with Crippen LogP contribution in [0, 0.1) is 0 Å². The molecule has 0 unspecified atom stereocenters. The summed E-state index contributed by atoms with van der Waals surface area (Å²) in [6.07, 6.45) is 2.07. The van der Waals surface area contributed by atoms with E-state index in [2.05, 4.69) is 36.4 Å². The summed E-state index contributed by atoms with van der Waals surface area (Å²) in [4.78, 5) is 32.5. The van der Waals surface area contributed by atoms with Crippen LogP contribution in [0.5, 0.6) is 0 Å².